The number of aryl methyl sites for hydroxylation is 2. The molecule has 2 heterocycles. The Morgan fingerprint density at radius 2 is 1.53 bits per heavy atom. The number of rotatable bonds is 5. The van der Waals surface area contributed by atoms with E-state index in [1.807, 2.05) is 6.92 Å². The fraction of sp³-hybridized carbons (Fsp3) is 0.552. The van der Waals surface area contributed by atoms with Crippen molar-refractivity contribution in [3.8, 4) is 0 Å². The first kappa shape index (κ1) is 33.6. The van der Waals surface area contributed by atoms with Crippen LogP contribution in [0.5, 0.6) is 0 Å². The van der Waals surface area contributed by atoms with Gasteiger partial charge in [0, 0.05) is 12.1 Å². The second kappa shape index (κ2) is 10.7. The number of hydrogen-bond donors (Lipinski definition) is 1. The van der Waals surface area contributed by atoms with E-state index in [1.54, 1.807) is 12.1 Å². The summed E-state index contributed by atoms with van der Waals surface area (Å²) in [4.78, 5) is 14.7. The van der Waals surface area contributed by atoms with Gasteiger partial charge in [-0.05, 0) is 67.3 Å². The first-order valence-electron chi connectivity index (χ1n) is 14.2. The second-order valence-electron chi connectivity index (χ2n) is 11.9. The number of benzene rings is 2. The molecule has 0 saturated carbocycles. The number of hydrogen-bond acceptors (Lipinski definition) is 6. The third-order valence-electron chi connectivity index (χ3n) is 9.50. The minimum atomic E-state index is -6.37. The van der Waals surface area contributed by atoms with Crippen LogP contribution in [0.3, 0.4) is 0 Å². The van der Waals surface area contributed by atoms with Crippen LogP contribution in [-0.4, -0.2) is 74.8 Å². The summed E-state index contributed by atoms with van der Waals surface area (Å²) in [5, 5.41) is 11.2. The summed E-state index contributed by atoms with van der Waals surface area (Å²) < 4.78 is 148. The lowest BCUT2D eigenvalue weighted by atomic mass is 9.76. The highest BCUT2D eigenvalue weighted by molar-refractivity contribution is 7.92. The number of alkyl halides is 7. The molecule has 2 atom stereocenters. The summed E-state index contributed by atoms with van der Waals surface area (Å²) in [6.45, 7) is 1.58. The van der Waals surface area contributed by atoms with E-state index < -0.39 is 89.9 Å². The lowest BCUT2D eigenvalue weighted by molar-refractivity contribution is -0.348. The van der Waals surface area contributed by atoms with Crippen molar-refractivity contribution in [2.24, 2.45) is 0 Å². The third-order valence-corrected chi connectivity index (χ3v) is 13.7. The maximum absolute atomic E-state index is 15.0. The highest BCUT2D eigenvalue weighted by Gasteiger charge is 2.74. The topological polar surface area (TPSA) is 109 Å². The molecule has 2 aromatic rings. The number of carbonyl (C=O) groups is 1. The normalized spacial score (nSPS) is 25.0. The van der Waals surface area contributed by atoms with E-state index in [9.17, 15) is 53.1 Å². The van der Waals surface area contributed by atoms with E-state index in [0.717, 1.165) is 16.5 Å². The van der Waals surface area contributed by atoms with Crippen LogP contribution in [0.15, 0.2) is 47.4 Å². The van der Waals surface area contributed by atoms with Gasteiger partial charge in [-0.25, -0.2) is 21.2 Å². The fourth-order valence-corrected chi connectivity index (χ4v) is 10.8. The monoisotopic (exact) mass is 685 g/mol. The molecule has 0 aromatic heterocycles. The van der Waals surface area contributed by atoms with Crippen molar-refractivity contribution < 1.29 is 57.5 Å². The molecule has 7 nitrogen and oxygen atoms in total. The Hall–Kier alpha value is -2.72. The molecule has 248 valence electrons. The van der Waals surface area contributed by atoms with Crippen molar-refractivity contribution in [1.29, 1.82) is 0 Å². The van der Waals surface area contributed by atoms with E-state index in [2.05, 4.69) is 0 Å². The molecule has 0 radical (unpaired) electrons. The van der Waals surface area contributed by atoms with Crippen LogP contribution < -0.4 is 0 Å². The highest BCUT2D eigenvalue weighted by atomic mass is 32.2. The number of carbonyl (C=O) groups excluding carboxylic acids is 1. The van der Waals surface area contributed by atoms with Gasteiger partial charge in [0.1, 0.15) is 10.3 Å². The van der Waals surface area contributed by atoms with Gasteiger partial charge >= 0.3 is 18.0 Å². The molecule has 2 aromatic carbocycles. The average Bonchev–Trinajstić information content (AvgIpc) is 3.38. The maximum Gasteiger partial charge on any atom is 0.435 e. The molecule has 2 saturated heterocycles. The predicted molar refractivity (Wildman–Crippen MR) is 147 cm³/mol. The molecule has 45 heavy (non-hydrogen) atoms. The predicted octanol–water partition coefficient (Wildman–Crippen LogP) is 4.69. The van der Waals surface area contributed by atoms with Crippen LogP contribution in [-0.2, 0) is 47.7 Å². The van der Waals surface area contributed by atoms with E-state index in [1.165, 1.54) is 12.1 Å². The number of likely N-dealkylation sites (tertiary alicyclic amines) is 1. The zero-order valence-corrected chi connectivity index (χ0v) is 25.5. The van der Waals surface area contributed by atoms with Gasteiger partial charge in [0.2, 0.25) is 0 Å². The van der Waals surface area contributed by atoms with Crippen molar-refractivity contribution >= 4 is 25.6 Å². The summed E-state index contributed by atoms with van der Waals surface area (Å²) in [6, 6.07) is 5.98. The summed E-state index contributed by atoms with van der Waals surface area (Å²) >= 11 is 0. The molecule has 5 rings (SSSR count). The van der Waals surface area contributed by atoms with E-state index in [4.69, 9.17) is 0 Å². The van der Waals surface area contributed by atoms with E-state index >= 15 is 4.39 Å². The molecular formula is C29H30F7NO6S2. The van der Waals surface area contributed by atoms with Gasteiger partial charge in [0.15, 0.2) is 19.7 Å². The van der Waals surface area contributed by atoms with Gasteiger partial charge in [-0.1, -0.05) is 37.3 Å². The van der Waals surface area contributed by atoms with Crippen LogP contribution in [0.4, 0.5) is 30.7 Å². The lowest BCUT2D eigenvalue weighted by Crippen LogP contribution is -2.58. The summed E-state index contributed by atoms with van der Waals surface area (Å²) in [5.74, 6) is -1.86. The zero-order chi connectivity index (χ0) is 33.4. The van der Waals surface area contributed by atoms with Gasteiger partial charge in [0.25, 0.3) is 5.91 Å². The van der Waals surface area contributed by atoms with Crippen LogP contribution in [0, 0.1) is 0 Å². The van der Waals surface area contributed by atoms with E-state index in [-0.39, 0.29) is 47.9 Å². The van der Waals surface area contributed by atoms with Gasteiger partial charge < -0.3 is 10.0 Å². The Morgan fingerprint density at radius 1 is 0.956 bits per heavy atom. The summed E-state index contributed by atoms with van der Waals surface area (Å²) in [6.07, 6.45) is -13.9. The molecule has 2 unspecified atom stereocenters. The first-order valence-corrected chi connectivity index (χ1v) is 17.5. The van der Waals surface area contributed by atoms with Gasteiger partial charge in [-0.2, -0.15) is 26.3 Å². The first-order chi connectivity index (χ1) is 20.6. The molecule has 2 aliphatic heterocycles. The quantitative estimate of drug-likeness (QED) is 0.458. The summed E-state index contributed by atoms with van der Waals surface area (Å²) in [5.41, 5.74) is -9.22. The van der Waals surface area contributed by atoms with Gasteiger partial charge in [0.05, 0.1) is 22.4 Å². The average molecular weight is 686 g/mol. The van der Waals surface area contributed by atoms with Crippen LogP contribution in [0.25, 0.3) is 0 Å². The molecule has 2 fully saturated rings. The Bertz CT molecular complexity index is 1690. The highest BCUT2D eigenvalue weighted by Crippen LogP contribution is 2.57. The fourth-order valence-electron chi connectivity index (χ4n) is 6.94. The lowest BCUT2D eigenvalue weighted by Gasteiger charge is -2.44. The number of aliphatic hydroxyl groups is 1. The number of sulfone groups is 2. The number of amides is 1. The standard InChI is InChI=1S/C29H30F7NO6S2/c1-2-18-3-7-21(8-4-18)45(42,43)26-11-14-37(24(38)25(39)12-15-44(40,41)16-13-25)23(26)10-5-19-17-20(6-9-22(19)26)27(30,28(31,32)33)29(34,35)36/h3-4,6-9,17,23,39H,2,5,10-16H2,1H3. The molecule has 0 bridgehead atoms. The van der Waals surface area contributed by atoms with Crippen molar-refractivity contribution in [3.63, 3.8) is 0 Å². The number of fused-ring (bicyclic) bond motifs is 3. The number of halogens is 7. The largest absolute Gasteiger partial charge is 0.435 e. The Labute approximate surface area is 255 Å². The Morgan fingerprint density at radius 3 is 2.07 bits per heavy atom. The smallest absolute Gasteiger partial charge is 0.380 e. The van der Waals surface area contributed by atoms with Crippen molar-refractivity contribution in [1.82, 2.24) is 4.90 Å². The second-order valence-corrected chi connectivity index (χ2v) is 16.4. The SMILES string of the molecule is CCc1ccc(S(=O)(=O)C23CCN(C(=O)C4(O)CCS(=O)(=O)CC4)C2CCc2cc(C(F)(C(F)(F)F)C(F)(F)F)ccc23)cc1. The third kappa shape index (κ3) is 5.05. The Balaban J connectivity index is 1.67. The van der Waals surface area contributed by atoms with Gasteiger partial charge in [-0.15, -0.1) is 0 Å². The molecule has 1 N–H and O–H groups in total. The van der Waals surface area contributed by atoms with Crippen molar-refractivity contribution in [3.05, 3.63) is 64.7 Å². The summed E-state index contributed by atoms with van der Waals surface area (Å²) in [7, 11) is -8.06. The molecule has 1 aliphatic carbocycles. The molecular weight excluding hydrogens is 655 g/mol. The van der Waals surface area contributed by atoms with E-state index in [0.29, 0.717) is 12.5 Å². The van der Waals surface area contributed by atoms with Crippen LogP contribution in [0.2, 0.25) is 0 Å². The van der Waals surface area contributed by atoms with Gasteiger partial charge in [-0.3, -0.25) is 4.79 Å². The Kier molecular flexibility index (Phi) is 7.97. The van der Waals surface area contributed by atoms with Crippen molar-refractivity contribution in [2.75, 3.05) is 18.1 Å². The van der Waals surface area contributed by atoms with Crippen LogP contribution in [0.1, 0.15) is 54.9 Å². The molecule has 3 aliphatic rings. The zero-order valence-electron chi connectivity index (χ0n) is 23.9. The maximum atomic E-state index is 15.0. The molecule has 16 heteroatoms. The number of nitrogens with zero attached hydrogens (tertiary/aromatic N) is 1. The molecule has 0 spiro atoms. The van der Waals surface area contributed by atoms with Crippen molar-refractivity contribution in [2.45, 2.75) is 84.8 Å². The molecule has 1 amide bonds. The van der Waals surface area contributed by atoms with Crippen LogP contribution >= 0.6 is 0 Å². The minimum absolute atomic E-state index is 0.165. The minimum Gasteiger partial charge on any atom is -0.380 e.